The molecule has 6 heteroatoms. The van der Waals surface area contributed by atoms with E-state index in [-0.39, 0.29) is 0 Å². The monoisotopic (exact) mass is 338 g/mol. The second-order valence-corrected chi connectivity index (χ2v) is 6.22. The lowest BCUT2D eigenvalue weighted by atomic mass is 9.99. The zero-order chi connectivity index (χ0) is 15.9. The molecule has 2 aromatic rings. The Morgan fingerprint density at radius 1 is 1.18 bits per heavy atom. The Labute approximate surface area is 140 Å². The van der Waals surface area contributed by atoms with Crippen molar-refractivity contribution in [3.8, 4) is 5.75 Å². The summed E-state index contributed by atoms with van der Waals surface area (Å²) < 4.78 is 11.3. The highest BCUT2D eigenvalue weighted by atomic mass is 32.2. The average molecular weight is 338 g/mol. The largest absolute Gasteiger partial charge is 0.482 e. The minimum atomic E-state index is 0.313. The third-order valence-corrected chi connectivity index (χ3v) is 4.38. The van der Waals surface area contributed by atoms with Crippen molar-refractivity contribution in [1.82, 2.24) is 10.2 Å². The van der Waals surface area contributed by atoms with E-state index in [1.165, 1.54) is 16.7 Å². The number of thioether (sulfide) groups is 1. The summed E-state index contributed by atoms with van der Waals surface area (Å²) in [4.78, 5) is 0.313. The van der Waals surface area contributed by atoms with Gasteiger partial charge in [-0.25, -0.2) is 5.10 Å². The Balaban J connectivity index is 2.00. The zero-order valence-electron chi connectivity index (χ0n) is 13.3. The van der Waals surface area contributed by atoms with Gasteiger partial charge in [-0.3, -0.25) is 0 Å². The van der Waals surface area contributed by atoms with E-state index in [0.717, 1.165) is 25.0 Å². The summed E-state index contributed by atoms with van der Waals surface area (Å²) >= 11 is 6.47. The fourth-order valence-electron chi connectivity index (χ4n) is 2.29. The lowest BCUT2D eigenvalue weighted by Crippen LogP contribution is -2.02. The molecule has 1 heterocycles. The summed E-state index contributed by atoms with van der Waals surface area (Å²) in [6.07, 6.45) is 3.02. The number of aromatic amines is 1. The van der Waals surface area contributed by atoms with Gasteiger partial charge in [0.15, 0.2) is 0 Å². The third kappa shape index (κ3) is 4.36. The first-order valence-electron chi connectivity index (χ1n) is 7.57. The summed E-state index contributed by atoms with van der Waals surface area (Å²) in [5.74, 6) is 2.85. The van der Waals surface area contributed by atoms with Crippen LogP contribution in [0.5, 0.6) is 5.75 Å². The van der Waals surface area contributed by atoms with E-state index < -0.39 is 0 Å². The first-order valence-corrected chi connectivity index (χ1v) is 9.13. The van der Waals surface area contributed by atoms with Crippen LogP contribution in [0.2, 0.25) is 0 Å². The number of rotatable bonds is 8. The number of ether oxygens (including phenoxy) is 1. The molecule has 1 aromatic carbocycles. The van der Waals surface area contributed by atoms with Crippen LogP contribution in [0.15, 0.2) is 16.5 Å². The molecule has 0 aliphatic carbocycles. The van der Waals surface area contributed by atoms with E-state index >= 15 is 0 Å². The summed E-state index contributed by atoms with van der Waals surface area (Å²) in [6, 6.07) is 4.51. The number of nitrogens with zero attached hydrogens (tertiary/aromatic N) is 1. The molecule has 120 valence electrons. The summed E-state index contributed by atoms with van der Waals surface area (Å²) in [5.41, 5.74) is 3.95. The van der Waals surface area contributed by atoms with E-state index in [2.05, 4.69) is 43.1 Å². The second-order valence-electron chi connectivity index (χ2n) is 4.92. The molecule has 0 saturated heterocycles. The van der Waals surface area contributed by atoms with Crippen LogP contribution in [0.25, 0.3) is 0 Å². The molecule has 0 saturated carbocycles. The van der Waals surface area contributed by atoms with E-state index in [4.69, 9.17) is 21.4 Å². The van der Waals surface area contributed by atoms with Crippen molar-refractivity contribution in [2.45, 2.75) is 45.8 Å². The van der Waals surface area contributed by atoms with Crippen molar-refractivity contribution < 1.29 is 9.15 Å². The SMILES string of the molecule is CCc1cc(CC)c(OCSCc2n[nH]c(=S)o2)c(CC)c1. The molecule has 1 aromatic heterocycles. The fourth-order valence-corrected chi connectivity index (χ4v) is 3.02. The number of nitrogens with one attached hydrogen (secondary N) is 1. The number of H-pyrrole nitrogens is 1. The maximum atomic E-state index is 6.04. The van der Waals surface area contributed by atoms with Crippen molar-refractivity contribution in [2.75, 3.05) is 5.94 Å². The molecule has 0 radical (unpaired) electrons. The molecule has 22 heavy (non-hydrogen) atoms. The summed E-state index contributed by atoms with van der Waals surface area (Å²) in [5, 5.41) is 6.60. The van der Waals surface area contributed by atoms with Gasteiger partial charge in [0, 0.05) is 0 Å². The molecular weight excluding hydrogens is 316 g/mol. The van der Waals surface area contributed by atoms with Gasteiger partial charge >= 0.3 is 0 Å². The molecule has 2 rings (SSSR count). The van der Waals surface area contributed by atoms with E-state index in [0.29, 0.717) is 22.4 Å². The molecule has 0 bridgehead atoms. The molecule has 0 amide bonds. The number of benzene rings is 1. The van der Waals surface area contributed by atoms with Crippen LogP contribution in [-0.4, -0.2) is 16.1 Å². The predicted molar refractivity (Wildman–Crippen MR) is 93.1 cm³/mol. The fraction of sp³-hybridized carbons (Fsp3) is 0.500. The van der Waals surface area contributed by atoms with E-state index in [1.807, 2.05) is 0 Å². The molecular formula is C16H22N2O2S2. The highest BCUT2D eigenvalue weighted by molar-refractivity contribution is 7.98. The van der Waals surface area contributed by atoms with E-state index in [9.17, 15) is 0 Å². The second kappa shape index (κ2) is 8.39. The number of hydrogen-bond acceptors (Lipinski definition) is 5. The lowest BCUT2D eigenvalue weighted by molar-refractivity contribution is 0.383. The maximum Gasteiger partial charge on any atom is 0.284 e. The van der Waals surface area contributed by atoms with Gasteiger partial charge in [-0.15, -0.1) is 16.9 Å². The molecule has 0 atom stereocenters. The Bertz CT molecular complexity index is 639. The van der Waals surface area contributed by atoms with Gasteiger partial charge in [0.05, 0.1) is 5.75 Å². The van der Waals surface area contributed by atoms with Gasteiger partial charge < -0.3 is 9.15 Å². The molecule has 0 aliphatic heterocycles. The third-order valence-electron chi connectivity index (χ3n) is 3.47. The molecule has 1 N–H and O–H groups in total. The predicted octanol–water partition coefficient (Wildman–Crippen LogP) is 4.69. The topological polar surface area (TPSA) is 51.0 Å². The molecule has 0 aliphatic rings. The molecule has 0 fully saturated rings. The van der Waals surface area contributed by atoms with Crippen LogP contribution in [0.1, 0.15) is 43.4 Å². The Hall–Kier alpha value is -1.27. The summed E-state index contributed by atoms with van der Waals surface area (Å²) in [6.45, 7) is 6.52. The van der Waals surface area contributed by atoms with Gasteiger partial charge in [0.1, 0.15) is 11.7 Å². The van der Waals surface area contributed by atoms with Crippen molar-refractivity contribution in [2.24, 2.45) is 0 Å². The van der Waals surface area contributed by atoms with Gasteiger partial charge in [-0.05, 0) is 48.2 Å². The zero-order valence-corrected chi connectivity index (χ0v) is 14.9. The van der Waals surface area contributed by atoms with Gasteiger partial charge in [-0.1, -0.05) is 32.9 Å². The molecule has 4 nitrogen and oxygen atoms in total. The standard InChI is InChI=1S/C16H22N2O2S2/c1-4-11-7-12(5-2)15(13(6-3)8-11)19-10-22-9-14-17-18-16(21)20-14/h7-8H,4-6,9-10H2,1-3H3,(H,18,21). The van der Waals surface area contributed by atoms with Crippen LogP contribution in [0, 0.1) is 4.84 Å². The first kappa shape index (κ1) is 17.1. The highest BCUT2D eigenvalue weighted by Crippen LogP contribution is 2.28. The van der Waals surface area contributed by atoms with Crippen LogP contribution < -0.4 is 4.74 Å². The number of aromatic nitrogens is 2. The molecule has 0 unspecified atom stereocenters. The van der Waals surface area contributed by atoms with Crippen LogP contribution in [-0.2, 0) is 25.0 Å². The van der Waals surface area contributed by atoms with Crippen molar-refractivity contribution in [3.05, 3.63) is 39.6 Å². The van der Waals surface area contributed by atoms with Crippen LogP contribution in [0.3, 0.4) is 0 Å². The Kier molecular flexibility index (Phi) is 6.51. The smallest absolute Gasteiger partial charge is 0.284 e. The number of aryl methyl sites for hydroxylation is 3. The molecule has 0 spiro atoms. The van der Waals surface area contributed by atoms with Crippen LogP contribution in [0.4, 0.5) is 0 Å². The van der Waals surface area contributed by atoms with Crippen LogP contribution >= 0.6 is 24.0 Å². The van der Waals surface area contributed by atoms with Crippen molar-refractivity contribution >= 4 is 24.0 Å². The van der Waals surface area contributed by atoms with Gasteiger partial charge in [-0.2, -0.15) is 0 Å². The van der Waals surface area contributed by atoms with Crippen molar-refractivity contribution in [1.29, 1.82) is 0 Å². The minimum absolute atomic E-state index is 0.313. The lowest BCUT2D eigenvalue weighted by Gasteiger charge is -2.16. The van der Waals surface area contributed by atoms with Gasteiger partial charge in [0.2, 0.25) is 5.89 Å². The normalized spacial score (nSPS) is 10.9. The Morgan fingerprint density at radius 3 is 2.36 bits per heavy atom. The Morgan fingerprint density at radius 2 is 1.86 bits per heavy atom. The average Bonchev–Trinajstić information content (AvgIpc) is 2.96. The highest BCUT2D eigenvalue weighted by Gasteiger charge is 2.10. The summed E-state index contributed by atoms with van der Waals surface area (Å²) in [7, 11) is 0. The maximum absolute atomic E-state index is 6.04. The van der Waals surface area contributed by atoms with E-state index in [1.54, 1.807) is 11.8 Å². The minimum Gasteiger partial charge on any atom is -0.482 e. The quantitative estimate of drug-likeness (QED) is 0.430. The first-order chi connectivity index (χ1) is 10.7. The van der Waals surface area contributed by atoms with Gasteiger partial charge in [0.25, 0.3) is 4.84 Å². The van der Waals surface area contributed by atoms with Crippen molar-refractivity contribution in [3.63, 3.8) is 0 Å². The number of hydrogen-bond donors (Lipinski definition) is 1.